The zero-order valence-corrected chi connectivity index (χ0v) is 17.2. The number of rotatable bonds is 1. The molecule has 0 unspecified atom stereocenters. The Balaban J connectivity index is -0.0000000556. The molecule has 2 saturated carbocycles. The van der Waals surface area contributed by atoms with Crippen molar-refractivity contribution in [3.8, 4) is 0 Å². The molecule has 2 fully saturated rings. The molecule has 0 heterocycles. The average Bonchev–Trinajstić information content (AvgIpc) is 3.10. The predicted molar refractivity (Wildman–Crippen MR) is 99.5 cm³/mol. The van der Waals surface area contributed by atoms with E-state index < -0.39 is 0 Å². The minimum Gasteiger partial charge on any atom is -0.358 e. The second-order valence-electron chi connectivity index (χ2n) is 4.67. The molecule has 2 aliphatic rings. The molecular formula is C18H41FeP. The third-order valence-corrected chi connectivity index (χ3v) is 5.28. The molecule has 0 nitrogen and oxygen atoms in total. The van der Waals surface area contributed by atoms with Gasteiger partial charge in [0.25, 0.3) is 0 Å². The second-order valence-corrected chi connectivity index (χ2v) is 7.33. The molecule has 20 heavy (non-hydrogen) atoms. The van der Waals surface area contributed by atoms with Gasteiger partial charge in [-0.25, -0.2) is 0 Å². The van der Waals surface area contributed by atoms with Gasteiger partial charge in [-0.15, -0.1) is 21.1 Å². The molecule has 0 atom stereocenters. The summed E-state index contributed by atoms with van der Waals surface area (Å²) in [5.74, 6) is 0. The monoisotopic (exact) mass is 344 g/mol. The molecule has 0 N–H and O–H groups in total. The van der Waals surface area contributed by atoms with Crippen LogP contribution in [0.25, 0.3) is 0 Å². The zero-order chi connectivity index (χ0) is 13.5. The molecule has 0 aliphatic heterocycles. The fourth-order valence-electron chi connectivity index (χ4n) is 2.30. The first-order chi connectivity index (χ1) is 8.30. The van der Waals surface area contributed by atoms with Gasteiger partial charge in [0, 0.05) is 0 Å². The summed E-state index contributed by atoms with van der Waals surface area (Å²) in [5, 5.41) is 0. The minimum absolute atomic E-state index is 0. The summed E-state index contributed by atoms with van der Waals surface area (Å²) in [7, 11) is 0.398. The van der Waals surface area contributed by atoms with Crippen LogP contribution in [0, 0.1) is 14.9 Å². The maximum atomic E-state index is 3.00. The van der Waals surface area contributed by atoms with Crippen molar-refractivity contribution in [1.82, 2.24) is 0 Å². The topological polar surface area (TPSA) is 0 Å². The van der Waals surface area contributed by atoms with Gasteiger partial charge in [-0.3, -0.25) is 0 Å². The van der Waals surface area contributed by atoms with Gasteiger partial charge >= 0.3 is 17.1 Å². The van der Waals surface area contributed by atoms with E-state index in [1.165, 1.54) is 57.8 Å². The predicted octanol–water partition coefficient (Wildman–Crippen LogP) is 7.35. The van der Waals surface area contributed by atoms with E-state index in [9.17, 15) is 0 Å². The maximum Gasteiger partial charge on any atom is 2.00 e. The molecule has 126 valence electrons. The van der Waals surface area contributed by atoms with Crippen LogP contribution in [0.4, 0.5) is 0 Å². The first-order valence-corrected chi connectivity index (χ1v) is 9.77. The molecule has 0 bridgehead atoms. The Kier molecular flexibility index (Phi) is 45.5. The van der Waals surface area contributed by atoms with Crippen LogP contribution in [0.3, 0.4) is 0 Å². The molecule has 0 aromatic heterocycles. The van der Waals surface area contributed by atoms with Crippen molar-refractivity contribution >= 4 is 7.92 Å². The first-order valence-electron chi connectivity index (χ1n) is 7.47. The Labute approximate surface area is 143 Å². The largest absolute Gasteiger partial charge is 2.00 e. The fraction of sp³-hybridized carbons (Fsp3) is 0.778. The third-order valence-electron chi connectivity index (χ3n) is 3.30. The van der Waals surface area contributed by atoms with E-state index in [-0.39, 0.29) is 31.9 Å². The van der Waals surface area contributed by atoms with E-state index >= 15 is 0 Å². The van der Waals surface area contributed by atoms with Crippen LogP contribution in [-0.2, 0) is 17.1 Å². The van der Waals surface area contributed by atoms with E-state index in [1.54, 1.807) is 0 Å². The van der Waals surface area contributed by atoms with Crippen molar-refractivity contribution < 1.29 is 17.1 Å². The number of hydrogen-bond donors (Lipinski definition) is 0. The smallest absolute Gasteiger partial charge is 0.358 e. The molecule has 0 radical (unpaired) electrons. The summed E-state index contributed by atoms with van der Waals surface area (Å²) < 4.78 is 0. The Morgan fingerprint density at radius 2 is 0.950 bits per heavy atom. The Morgan fingerprint density at radius 1 is 0.700 bits per heavy atom. The van der Waals surface area contributed by atoms with Gasteiger partial charge in [0.1, 0.15) is 0 Å². The van der Waals surface area contributed by atoms with Gasteiger partial charge in [-0.1, -0.05) is 58.8 Å². The normalized spacial score (nSPS) is 15.7. The molecule has 0 aromatic rings. The quantitative estimate of drug-likeness (QED) is 0.202. The standard InChI is InChI=1S/C7H15P.C5H10.C2H6.C2H4.2CH3.Fe/c1-8(2)7-5-3-4-6-7;1-2-4-5-3-1;2*1-2;;;/h7H,3-6H2,1-2H3;1-5H2;1-2H3;1-2H2;2*1H3;/q;;;;2*-1;+2. The molecule has 0 amide bonds. The Bertz CT molecular complexity index is 120. The van der Waals surface area contributed by atoms with Crippen molar-refractivity contribution in [1.29, 1.82) is 0 Å². The van der Waals surface area contributed by atoms with Crippen LogP contribution in [0.5, 0.6) is 0 Å². The third kappa shape index (κ3) is 21.0. The molecule has 2 aliphatic carbocycles. The molecule has 2 rings (SSSR count). The second kappa shape index (κ2) is 27.9. The molecule has 0 saturated heterocycles. The molecule has 0 spiro atoms. The zero-order valence-electron chi connectivity index (χ0n) is 15.2. The SMILES string of the molecule is C1CCCC1.C=C.CC.CP(C)C1CCCC1.[CH3-].[CH3-].[Fe+2]. The van der Waals surface area contributed by atoms with E-state index in [0.29, 0.717) is 7.92 Å². The van der Waals surface area contributed by atoms with Crippen LogP contribution in [0.1, 0.15) is 71.6 Å². The van der Waals surface area contributed by atoms with Crippen molar-refractivity contribution in [2.45, 2.75) is 77.3 Å². The van der Waals surface area contributed by atoms with Crippen molar-refractivity contribution in [2.75, 3.05) is 13.3 Å². The van der Waals surface area contributed by atoms with Crippen LogP contribution >= 0.6 is 7.92 Å². The van der Waals surface area contributed by atoms with Crippen LogP contribution in [-0.4, -0.2) is 19.0 Å². The molecule has 2 heteroatoms. The van der Waals surface area contributed by atoms with Crippen LogP contribution in [0.2, 0.25) is 0 Å². The van der Waals surface area contributed by atoms with Crippen molar-refractivity contribution in [3.05, 3.63) is 28.0 Å². The van der Waals surface area contributed by atoms with Gasteiger partial charge in [0.05, 0.1) is 0 Å². The van der Waals surface area contributed by atoms with Gasteiger partial charge in [0.15, 0.2) is 0 Å². The van der Waals surface area contributed by atoms with E-state index in [2.05, 4.69) is 26.5 Å². The van der Waals surface area contributed by atoms with E-state index in [0.717, 1.165) is 5.66 Å². The van der Waals surface area contributed by atoms with Crippen molar-refractivity contribution in [2.24, 2.45) is 0 Å². The van der Waals surface area contributed by atoms with E-state index in [1.807, 2.05) is 13.8 Å². The summed E-state index contributed by atoms with van der Waals surface area (Å²) in [6, 6.07) is 0. The molecule has 0 aromatic carbocycles. The van der Waals surface area contributed by atoms with Crippen molar-refractivity contribution in [3.63, 3.8) is 0 Å². The fourth-order valence-corrected chi connectivity index (χ4v) is 3.70. The van der Waals surface area contributed by atoms with Gasteiger partial charge in [0.2, 0.25) is 0 Å². The Morgan fingerprint density at radius 3 is 1.10 bits per heavy atom. The number of hydrogen-bond acceptors (Lipinski definition) is 0. The first kappa shape index (κ1) is 32.6. The van der Waals surface area contributed by atoms with Crippen LogP contribution < -0.4 is 0 Å². The van der Waals surface area contributed by atoms with Crippen LogP contribution in [0.15, 0.2) is 13.2 Å². The average molecular weight is 344 g/mol. The summed E-state index contributed by atoms with van der Waals surface area (Å²) >= 11 is 0. The van der Waals surface area contributed by atoms with Gasteiger partial charge in [-0.2, -0.15) is 0 Å². The van der Waals surface area contributed by atoms with Gasteiger partial charge in [-0.05, 0) is 31.8 Å². The Hall–Kier alpha value is 0.689. The van der Waals surface area contributed by atoms with Gasteiger partial charge < -0.3 is 14.9 Å². The maximum absolute atomic E-state index is 3.00. The minimum atomic E-state index is 0. The summed E-state index contributed by atoms with van der Waals surface area (Å²) in [6.07, 6.45) is 13.6. The molecular weight excluding hydrogens is 303 g/mol. The summed E-state index contributed by atoms with van der Waals surface area (Å²) in [5.41, 5.74) is 1.13. The van der Waals surface area contributed by atoms with E-state index in [4.69, 9.17) is 0 Å². The summed E-state index contributed by atoms with van der Waals surface area (Å²) in [4.78, 5) is 0. The summed E-state index contributed by atoms with van der Waals surface area (Å²) in [6.45, 7) is 14.8.